The number of nitrogens with one attached hydrogen (secondary N) is 1. The highest BCUT2D eigenvalue weighted by Gasteiger charge is 2.24. The Morgan fingerprint density at radius 2 is 1.96 bits per heavy atom. The van der Waals surface area contributed by atoms with E-state index in [2.05, 4.69) is 21.3 Å². The van der Waals surface area contributed by atoms with Gasteiger partial charge in [-0.05, 0) is 60.9 Å². The Bertz CT molecular complexity index is 1020. The number of phenolic OH excluding ortho intramolecular Hbond substituents is 1. The summed E-state index contributed by atoms with van der Waals surface area (Å²) in [6.07, 6.45) is 4.80. The molecule has 142 valence electrons. The van der Waals surface area contributed by atoms with Crippen LogP contribution in [0.15, 0.2) is 66.9 Å². The number of fused-ring (bicyclic) bond motifs is 1. The van der Waals surface area contributed by atoms with Gasteiger partial charge in [0, 0.05) is 24.7 Å². The fourth-order valence-electron chi connectivity index (χ4n) is 3.59. The van der Waals surface area contributed by atoms with Gasteiger partial charge in [0.1, 0.15) is 5.75 Å². The second-order valence-corrected chi connectivity index (χ2v) is 7.06. The van der Waals surface area contributed by atoms with Gasteiger partial charge in [0.15, 0.2) is 0 Å². The minimum atomic E-state index is -0.232. The number of aromatic nitrogens is 1. The smallest absolute Gasteiger partial charge is 0.241 e. The largest absolute Gasteiger partial charge is 0.508 e. The molecule has 1 amide bonds. The number of nitrogens with zero attached hydrogens (tertiary/aromatic N) is 2. The van der Waals surface area contributed by atoms with Crippen molar-refractivity contribution >= 4 is 28.1 Å². The molecular weight excluding hydrogens is 350 g/mol. The first kappa shape index (κ1) is 18.2. The summed E-state index contributed by atoms with van der Waals surface area (Å²) in [4.78, 5) is 19.3. The molecule has 0 aliphatic carbocycles. The molecule has 4 rings (SSSR count). The Hall–Kier alpha value is -3.18. The molecule has 5 heteroatoms. The van der Waals surface area contributed by atoms with Gasteiger partial charge in [0.25, 0.3) is 0 Å². The highest BCUT2D eigenvalue weighted by Crippen LogP contribution is 2.26. The normalized spacial score (nSPS) is 15.8. The van der Waals surface area contributed by atoms with E-state index >= 15 is 0 Å². The van der Waals surface area contributed by atoms with Crippen LogP contribution in [0.2, 0.25) is 0 Å². The highest BCUT2D eigenvalue weighted by atomic mass is 16.3. The molecular formula is C23H23N3O2. The van der Waals surface area contributed by atoms with E-state index in [-0.39, 0.29) is 17.7 Å². The van der Waals surface area contributed by atoms with Crippen LogP contribution in [0.5, 0.6) is 5.75 Å². The molecule has 2 N–H and O–H groups in total. The lowest BCUT2D eigenvalue weighted by molar-refractivity contribution is -0.120. The molecule has 1 aliphatic heterocycles. The Morgan fingerprint density at radius 1 is 1.14 bits per heavy atom. The van der Waals surface area contributed by atoms with Crippen molar-refractivity contribution in [1.82, 2.24) is 9.88 Å². The van der Waals surface area contributed by atoms with Crippen LogP contribution in [-0.4, -0.2) is 40.0 Å². The third-order valence-electron chi connectivity index (χ3n) is 5.31. The Morgan fingerprint density at radius 3 is 2.71 bits per heavy atom. The van der Waals surface area contributed by atoms with Crippen molar-refractivity contribution in [2.75, 3.05) is 18.4 Å². The summed E-state index contributed by atoms with van der Waals surface area (Å²) in [5.74, 6) is 0.258. The molecule has 5 nitrogen and oxygen atoms in total. The summed E-state index contributed by atoms with van der Waals surface area (Å²) in [5.41, 5.74) is 4.04. The van der Waals surface area contributed by atoms with E-state index in [1.165, 1.54) is 5.57 Å². The number of amides is 1. The number of anilines is 1. The quantitative estimate of drug-likeness (QED) is 0.724. The van der Waals surface area contributed by atoms with Crippen molar-refractivity contribution in [2.24, 2.45) is 0 Å². The number of carbonyl (C=O) groups excluding carboxylic acids is 1. The number of aromatic hydroxyl groups is 1. The van der Waals surface area contributed by atoms with Crippen LogP contribution < -0.4 is 5.32 Å². The topological polar surface area (TPSA) is 65.5 Å². The summed E-state index contributed by atoms with van der Waals surface area (Å²) >= 11 is 0. The highest BCUT2D eigenvalue weighted by molar-refractivity contribution is 6.02. The second-order valence-electron chi connectivity index (χ2n) is 7.06. The zero-order valence-corrected chi connectivity index (χ0v) is 15.8. The SMILES string of the molecule is C[C@@H](C(=O)Nc1cccc2ncccc12)N1CC=C(c2ccc(O)cc2)CC1. The van der Waals surface area contributed by atoms with E-state index in [1.54, 1.807) is 18.3 Å². The lowest BCUT2D eigenvalue weighted by atomic mass is 9.98. The molecule has 3 aromatic rings. The van der Waals surface area contributed by atoms with Gasteiger partial charge in [-0.1, -0.05) is 24.3 Å². The van der Waals surface area contributed by atoms with Gasteiger partial charge in [-0.15, -0.1) is 0 Å². The van der Waals surface area contributed by atoms with Gasteiger partial charge < -0.3 is 10.4 Å². The Labute approximate surface area is 164 Å². The van der Waals surface area contributed by atoms with Crippen molar-refractivity contribution in [2.45, 2.75) is 19.4 Å². The number of phenols is 1. The molecule has 0 radical (unpaired) electrons. The van der Waals surface area contributed by atoms with E-state index < -0.39 is 0 Å². The molecule has 0 fully saturated rings. The van der Waals surface area contributed by atoms with Crippen LogP contribution >= 0.6 is 0 Å². The molecule has 0 spiro atoms. The van der Waals surface area contributed by atoms with E-state index in [4.69, 9.17) is 0 Å². The average Bonchev–Trinajstić information content (AvgIpc) is 2.74. The summed E-state index contributed by atoms with van der Waals surface area (Å²) in [7, 11) is 0. The molecule has 2 aromatic carbocycles. The van der Waals surface area contributed by atoms with E-state index in [0.717, 1.165) is 41.7 Å². The summed E-state index contributed by atoms with van der Waals surface area (Å²) in [5, 5.41) is 13.4. The maximum absolute atomic E-state index is 12.8. The summed E-state index contributed by atoms with van der Waals surface area (Å²) in [6.45, 7) is 3.48. The molecule has 0 saturated carbocycles. The van der Waals surface area contributed by atoms with Gasteiger partial charge in [-0.2, -0.15) is 0 Å². The van der Waals surface area contributed by atoms with Crippen LogP contribution in [0, 0.1) is 0 Å². The minimum absolute atomic E-state index is 0.0159. The predicted octanol–water partition coefficient (Wildman–Crippen LogP) is 4.06. The van der Waals surface area contributed by atoms with Crippen LogP contribution in [0.25, 0.3) is 16.5 Å². The van der Waals surface area contributed by atoms with Crippen molar-refractivity contribution in [3.8, 4) is 5.75 Å². The first-order valence-corrected chi connectivity index (χ1v) is 9.49. The van der Waals surface area contributed by atoms with Crippen molar-refractivity contribution in [1.29, 1.82) is 0 Å². The number of benzene rings is 2. The van der Waals surface area contributed by atoms with Crippen LogP contribution in [0.3, 0.4) is 0 Å². The van der Waals surface area contributed by atoms with Gasteiger partial charge in [-0.3, -0.25) is 14.7 Å². The fraction of sp³-hybridized carbons (Fsp3) is 0.217. The number of carbonyl (C=O) groups is 1. The van der Waals surface area contributed by atoms with Crippen LogP contribution in [0.4, 0.5) is 5.69 Å². The fourth-order valence-corrected chi connectivity index (χ4v) is 3.59. The molecule has 0 bridgehead atoms. The summed E-state index contributed by atoms with van der Waals surface area (Å²) in [6, 6.07) is 16.6. The second kappa shape index (κ2) is 7.82. The molecule has 0 unspecified atom stereocenters. The number of rotatable bonds is 4. The number of pyridine rings is 1. The average molecular weight is 373 g/mol. The first-order valence-electron chi connectivity index (χ1n) is 9.49. The van der Waals surface area contributed by atoms with Crippen LogP contribution in [-0.2, 0) is 4.79 Å². The standard InChI is InChI=1S/C23H23N3O2/c1-16(23(28)25-22-6-2-5-21-20(22)4-3-13-24-21)26-14-11-18(12-15-26)17-7-9-19(27)10-8-17/h2-11,13,16,27H,12,14-15H2,1H3,(H,25,28)/t16-/m0/s1. The van der Waals surface area contributed by atoms with E-state index in [1.807, 2.05) is 49.4 Å². The minimum Gasteiger partial charge on any atom is -0.508 e. The lowest BCUT2D eigenvalue weighted by Crippen LogP contribution is -2.44. The predicted molar refractivity (Wildman–Crippen MR) is 112 cm³/mol. The van der Waals surface area contributed by atoms with Crippen molar-refractivity contribution in [3.05, 3.63) is 72.4 Å². The number of hydrogen-bond acceptors (Lipinski definition) is 4. The zero-order chi connectivity index (χ0) is 19.5. The molecule has 1 aromatic heterocycles. The Kier molecular flexibility index (Phi) is 5.08. The molecule has 1 aliphatic rings. The molecule has 28 heavy (non-hydrogen) atoms. The number of hydrogen-bond donors (Lipinski definition) is 2. The third kappa shape index (κ3) is 3.75. The van der Waals surface area contributed by atoms with Crippen LogP contribution in [0.1, 0.15) is 18.9 Å². The van der Waals surface area contributed by atoms with Crippen molar-refractivity contribution < 1.29 is 9.90 Å². The maximum atomic E-state index is 12.8. The summed E-state index contributed by atoms with van der Waals surface area (Å²) < 4.78 is 0. The zero-order valence-electron chi connectivity index (χ0n) is 15.8. The molecule has 1 atom stereocenters. The first-order chi connectivity index (χ1) is 13.6. The van der Waals surface area contributed by atoms with Gasteiger partial charge in [-0.25, -0.2) is 0 Å². The third-order valence-corrected chi connectivity index (χ3v) is 5.31. The monoisotopic (exact) mass is 373 g/mol. The van der Waals surface area contributed by atoms with Gasteiger partial charge >= 0.3 is 0 Å². The maximum Gasteiger partial charge on any atom is 0.241 e. The lowest BCUT2D eigenvalue weighted by Gasteiger charge is -2.31. The Balaban J connectivity index is 1.44. The van der Waals surface area contributed by atoms with Crippen molar-refractivity contribution in [3.63, 3.8) is 0 Å². The van der Waals surface area contributed by atoms with E-state index in [0.29, 0.717) is 0 Å². The molecule has 0 saturated heterocycles. The van der Waals surface area contributed by atoms with Gasteiger partial charge in [0.05, 0.1) is 17.2 Å². The van der Waals surface area contributed by atoms with Gasteiger partial charge in [0.2, 0.25) is 5.91 Å². The molecule has 2 heterocycles. The van der Waals surface area contributed by atoms with E-state index in [9.17, 15) is 9.90 Å².